The van der Waals surface area contributed by atoms with E-state index in [0.29, 0.717) is 13.2 Å². The number of nitrogens with zero attached hydrogens (tertiary/aromatic N) is 1. The van der Waals surface area contributed by atoms with E-state index in [2.05, 4.69) is 5.32 Å². The van der Waals surface area contributed by atoms with Gasteiger partial charge in [0.15, 0.2) is 0 Å². The molecule has 1 amide bonds. The highest BCUT2D eigenvalue weighted by molar-refractivity contribution is 5.93. The zero-order valence-electron chi connectivity index (χ0n) is 13.3. The van der Waals surface area contributed by atoms with Gasteiger partial charge in [-0.15, -0.1) is 0 Å². The first-order valence-corrected chi connectivity index (χ1v) is 7.26. The Kier molecular flexibility index (Phi) is 5.55. The molecule has 0 aliphatic heterocycles. The summed E-state index contributed by atoms with van der Waals surface area (Å²) < 4.78 is 5.79. The van der Waals surface area contributed by atoms with Gasteiger partial charge in [-0.05, 0) is 38.2 Å². The molecule has 0 spiro atoms. The molecule has 0 fully saturated rings. The van der Waals surface area contributed by atoms with Crippen molar-refractivity contribution in [2.45, 2.75) is 13.5 Å². The summed E-state index contributed by atoms with van der Waals surface area (Å²) in [5, 5.41) is 2.92. The number of nitrogens with one attached hydrogen (secondary N) is 1. The monoisotopic (exact) mass is 298 g/mol. The van der Waals surface area contributed by atoms with Crippen LogP contribution < -0.4 is 10.1 Å². The molecule has 0 saturated carbocycles. The first-order valence-electron chi connectivity index (χ1n) is 7.26. The van der Waals surface area contributed by atoms with Crippen molar-refractivity contribution < 1.29 is 9.53 Å². The lowest BCUT2D eigenvalue weighted by Gasteiger charge is -2.13. The van der Waals surface area contributed by atoms with Gasteiger partial charge in [0.25, 0.3) is 0 Å². The Balaban J connectivity index is 2.01. The molecule has 4 heteroatoms. The van der Waals surface area contributed by atoms with Crippen LogP contribution in [-0.4, -0.2) is 31.4 Å². The van der Waals surface area contributed by atoms with Crippen LogP contribution in [0.3, 0.4) is 0 Å². The van der Waals surface area contributed by atoms with Crippen LogP contribution in [-0.2, 0) is 11.4 Å². The van der Waals surface area contributed by atoms with Crippen molar-refractivity contribution >= 4 is 11.6 Å². The second kappa shape index (κ2) is 7.61. The Bertz CT molecular complexity index is 624. The van der Waals surface area contributed by atoms with Gasteiger partial charge in [-0.2, -0.15) is 0 Å². The van der Waals surface area contributed by atoms with Gasteiger partial charge in [-0.1, -0.05) is 36.4 Å². The van der Waals surface area contributed by atoms with Gasteiger partial charge in [0.2, 0.25) is 5.91 Å². The van der Waals surface area contributed by atoms with E-state index in [1.165, 1.54) is 0 Å². The molecule has 22 heavy (non-hydrogen) atoms. The summed E-state index contributed by atoms with van der Waals surface area (Å²) in [5.74, 6) is 0.711. The van der Waals surface area contributed by atoms with E-state index in [-0.39, 0.29) is 5.91 Å². The zero-order valence-corrected chi connectivity index (χ0v) is 13.3. The lowest BCUT2D eigenvalue weighted by atomic mass is 10.2. The van der Waals surface area contributed by atoms with Crippen molar-refractivity contribution in [2.75, 3.05) is 26.0 Å². The summed E-state index contributed by atoms with van der Waals surface area (Å²) in [6.45, 7) is 2.83. The molecule has 2 aromatic rings. The molecule has 0 unspecified atom stereocenters. The normalized spacial score (nSPS) is 10.5. The molecule has 116 valence electrons. The lowest BCUT2D eigenvalue weighted by Crippen LogP contribution is -2.27. The van der Waals surface area contributed by atoms with Crippen LogP contribution in [0.4, 0.5) is 5.69 Å². The molecule has 1 N–H and O–H groups in total. The second-order valence-electron chi connectivity index (χ2n) is 5.54. The molecule has 2 rings (SSSR count). The standard InChI is InChI=1S/C18H22N2O2/c1-14-9-10-16(22-13-15-7-5-4-6-8-15)11-17(14)19-18(21)12-20(2)3/h4-11H,12-13H2,1-3H3,(H,19,21). The number of carbonyl (C=O) groups excluding carboxylic acids is 1. The zero-order chi connectivity index (χ0) is 15.9. The summed E-state index contributed by atoms with van der Waals surface area (Å²) >= 11 is 0. The molecule has 4 nitrogen and oxygen atoms in total. The summed E-state index contributed by atoms with van der Waals surface area (Å²) in [7, 11) is 3.73. The summed E-state index contributed by atoms with van der Waals surface area (Å²) in [4.78, 5) is 13.7. The quantitative estimate of drug-likeness (QED) is 0.891. The number of likely N-dealkylation sites (N-methyl/N-ethyl adjacent to an activating group) is 1. The van der Waals surface area contributed by atoms with Crippen LogP contribution in [0.15, 0.2) is 48.5 Å². The molecule has 0 aromatic heterocycles. The Hall–Kier alpha value is -2.33. The fourth-order valence-electron chi connectivity index (χ4n) is 2.04. The molecule has 0 saturated heterocycles. The third kappa shape index (κ3) is 4.90. The Morgan fingerprint density at radius 3 is 2.55 bits per heavy atom. The van der Waals surface area contributed by atoms with Crippen LogP contribution in [0.25, 0.3) is 0 Å². The van der Waals surface area contributed by atoms with Crippen molar-refractivity contribution in [3.8, 4) is 5.75 Å². The van der Waals surface area contributed by atoms with Gasteiger partial charge < -0.3 is 15.0 Å². The minimum Gasteiger partial charge on any atom is -0.489 e. The number of hydrogen-bond donors (Lipinski definition) is 1. The van der Waals surface area contributed by atoms with Crippen LogP contribution in [0, 0.1) is 6.92 Å². The summed E-state index contributed by atoms with van der Waals surface area (Å²) in [5.41, 5.74) is 2.91. The molecule has 2 aromatic carbocycles. The van der Waals surface area contributed by atoms with E-state index in [1.54, 1.807) is 0 Å². The number of aryl methyl sites for hydroxylation is 1. The van der Waals surface area contributed by atoms with Crippen molar-refractivity contribution in [3.63, 3.8) is 0 Å². The number of anilines is 1. The number of benzene rings is 2. The Morgan fingerprint density at radius 1 is 1.14 bits per heavy atom. The molecular formula is C18H22N2O2. The second-order valence-corrected chi connectivity index (χ2v) is 5.54. The largest absolute Gasteiger partial charge is 0.489 e. The Labute approximate surface area is 131 Å². The summed E-state index contributed by atoms with van der Waals surface area (Å²) in [6, 6.07) is 15.7. The molecule has 0 radical (unpaired) electrons. The van der Waals surface area contributed by atoms with E-state index in [9.17, 15) is 4.79 Å². The Morgan fingerprint density at radius 2 is 1.86 bits per heavy atom. The van der Waals surface area contributed by atoms with Crippen LogP contribution >= 0.6 is 0 Å². The van der Waals surface area contributed by atoms with Crippen LogP contribution in [0.5, 0.6) is 5.75 Å². The minimum absolute atomic E-state index is 0.0340. The number of carbonyl (C=O) groups is 1. The van der Waals surface area contributed by atoms with E-state index in [0.717, 1.165) is 22.6 Å². The van der Waals surface area contributed by atoms with Gasteiger partial charge in [0.05, 0.1) is 6.54 Å². The van der Waals surface area contributed by atoms with Crippen molar-refractivity contribution in [1.82, 2.24) is 4.90 Å². The van der Waals surface area contributed by atoms with Crippen LogP contribution in [0.2, 0.25) is 0 Å². The van der Waals surface area contributed by atoms with E-state index >= 15 is 0 Å². The van der Waals surface area contributed by atoms with E-state index in [1.807, 2.05) is 74.4 Å². The van der Waals surface area contributed by atoms with Crippen molar-refractivity contribution in [3.05, 3.63) is 59.7 Å². The van der Waals surface area contributed by atoms with Gasteiger partial charge >= 0.3 is 0 Å². The SMILES string of the molecule is Cc1ccc(OCc2ccccc2)cc1NC(=O)CN(C)C. The maximum atomic E-state index is 11.9. The molecule has 0 aliphatic rings. The van der Waals surface area contributed by atoms with E-state index in [4.69, 9.17) is 4.74 Å². The van der Waals surface area contributed by atoms with Gasteiger partial charge in [0, 0.05) is 11.8 Å². The molecule has 0 aliphatic carbocycles. The third-order valence-corrected chi connectivity index (χ3v) is 3.19. The lowest BCUT2D eigenvalue weighted by molar-refractivity contribution is -0.116. The third-order valence-electron chi connectivity index (χ3n) is 3.19. The molecular weight excluding hydrogens is 276 g/mol. The summed E-state index contributed by atoms with van der Waals surface area (Å²) in [6.07, 6.45) is 0. The molecule has 0 bridgehead atoms. The highest BCUT2D eigenvalue weighted by Gasteiger charge is 2.07. The highest BCUT2D eigenvalue weighted by atomic mass is 16.5. The van der Waals surface area contributed by atoms with Gasteiger partial charge in [-0.3, -0.25) is 4.79 Å². The average Bonchev–Trinajstić information content (AvgIpc) is 2.48. The van der Waals surface area contributed by atoms with Crippen molar-refractivity contribution in [1.29, 1.82) is 0 Å². The minimum atomic E-state index is -0.0340. The smallest absolute Gasteiger partial charge is 0.238 e. The van der Waals surface area contributed by atoms with Gasteiger partial charge in [0.1, 0.15) is 12.4 Å². The van der Waals surface area contributed by atoms with Crippen molar-refractivity contribution in [2.24, 2.45) is 0 Å². The topological polar surface area (TPSA) is 41.6 Å². The average molecular weight is 298 g/mol. The number of hydrogen-bond acceptors (Lipinski definition) is 3. The van der Waals surface area contributed by atoms with Crippen LogP contribution in [0.1, 0.15) is 11.1 Å². The predicted octanol–water partition coefficient (Wildman–Crippen LogP) is 3.07. The number of rotatable bonds is 6. The van der Waals surface area contributed by atoms with E-state index < -0.39 is 0 Å². The fraction of sp³-hybridized carbons (Fsp3) is 0.278. The van der Waals surface area contributed by atoms with Gasteiger partial charge in [-0.25, -0.2) is 0 Å². The first kappa shape index (κ1) is 16.0. The fourth-order valence-corrected chi connectivity index (χ4v) is 2.04. The first-order chi connectivity index (χ1) is 10.5. The maximum Gasteiger partial charge on any atom is 0.238 e. The molecule has 0 atom stereocenters. The predicted molar refractivity (Wildman–Crippen MR) is 89.1 cm³/mol. The number of ether oxygens (including phenoxy) is 1. The molecule has 0 heterocycles. The highest BCUT2D eigenvalue weighted by Crippen LogP contribution is 2.22. The maximum absolute atomic E-state index is 11.9. The number of amides is 1.